The van der Waals surface area contributed by atoms with E-state index in [2.05, 4.69) is 17.4 Å². The van der Waals surface area contributed by atoms with Crippen LogP contribution in [0.1, 0.15) is 52.9 Å². The molecule has 0 heterocycles. The van der Waals surface area contributed by atoms with Gasteiger partial charge in [0.05, 0.1) is 21.6 Å². The van der Waals surface area contributed by atoms with E-state index in [1.165, 1.54) is 36.1 Å². The quantitative estimate of drug-likeness (QED) is 0.433. The summed E-state index contributed by atoms with van der Waals surface area (Å²) in [6.07, 6.45) is 4.52. The summed E-state index contributed by atoms with van der Waals surface area (Å²) in [6.45, 7) is 1.36. The van der Waals surface area contributed by atoms with E-state index < -0.39 is 23.4 Å². The Morgan fingerprint density at radius 2 is 1.90 bits per heavy atom. The third-order valence-corrected chi connectivity index (χ3v) is 5.29. The molecule has 0 radical (unpaired) electrons. The Hall–Kier alpha value is -2.93. The van der Waals surface area contributed by atoms with E-state index in [1.807, 2.05) is 13.0 Å². The van der Waals surface area contributed by atoms with Gasteiger partial charge in [0.15, 0.2) is 6.61 Å². The lowest BCUT2D eigenvalue weighted by Crippen LogP contribution is -2.31. The van der Waals surface area contributed by atoms with Crippen molar-refractivity contribution in [3.8, 4) is 0 Å². The minimum Gasteiger partial charge on any atom is -0.452 e. The first-order chi connectivity index (χ1) is 13.8. The number of halogens is 1. The highest BCUT2D eigenvalue weighted by atomic mass is 35.5. The smallest absolute Gasteiger partial charge is 0.340 e. The largest absolute Gasteiger partial charge is 0.452 e. The molecule has 0 saturated heterocycles. The first kappa shape index (κ1) is 20.8. The standard InChI is InChI=1S/C21H21ClN2O5/c1-13(15-7-6-14-4-2-3-5-16(14)10-15)23-20(25)12-29-21(26)18-11-17(24(27)28)8-9-19(18)22/h6-11,13H,2-5,12H2,1H3,(H,23,25). The second-order valence-corrected chi connectivity index (χ2v) is 7.43. The fourth-order valence-corrected chi connectivity index (χ4v) is 3.58. The van der Waals surface area contributed by atoms with Crippen LogP contribution in [-0.4, -0.2) is 23.4 Å². The zero-order chi connectivity index (χ0) is 21.0. The molecule has 8 heteroatoms. The van der Waals surface area contributed by atoms with E-state index in [0.717, 1.165) is 24.5 Å². The van der Waals surface area contributed by atoms with E-state index in [4.69, 9.17) is 16.3 Å². The number of amides is 1. The van der Waals surface area contributed by atoms with Crippen molar-refractivity contribution in [2.45, 2.75) is 38.6 Å². The van der Waals surface area contributed by atoms with Crippen LogP contribution in [0.5, 0.6) is 0 Å². The molecule has 0 saturated carbocycles. The normalized spacial score (nSPS) is 13.9. The molecule has 1 aliphatic rings. The molecule has 0 spiro atoms. The monoisotopic (exact) mass is 416 g/mol. The molecule has 0 fully saturated rings. The molecule has 1 amide bonds. The number of nitrogens with one attached hydrogen (secondary N) is 1. The van der Waals surface area contributed by atoms with Crippen molar-refractivity contribution < 1.29 is 19.2 Å². The van der Waals surface area contributed by atoms with Gasteiger partial charge >= 0.3 is 5.97 Å². The number of rotatable bonds is 6. The van der Waals surface area contributed by atoms with Gasteiger partial charge in [0, 0.05) is 12.1 Å². The zero-order valence-corrected chi connectivity index (χ0v) is 16.7. The Morgan fingerprint density at radius 1 is 1.17 bits per heavy atom. The Labute approximate surface area is 173 Å². The third-order valence-electron chi connectivity index (χ3n) is 4.97. The van der Waals surface area contributed by atoms with Gasteiger partial charge in [-0.3, -0.25) is 14.9 Å². The van der Waals surface area contributed by atoms with Gasteiger partial charge in [0.25, 0.3) is 11.6 Å². The van der Waals surface area contributed by atoms with Crippen LogP contribution in [0.2, 0.25) is 5.02 Å². The predicted molar refractivity (Wildman–Crippen MR) is 108 cm³/mol. The van der Waals surface area contributed by atoms with Crippen LogP contribution < -0.4 is 5.32 Å². The second-order valence-electron chi connectivity index (χ2n) is 7.02. The summed E-state index contributed by atoms with van der Waals surface area (Å²) in [5, 5.41) is 13.7. The molecule has 1 N–H and O–H groups in total. The number of hydrogen-bond donors (Lipinski definition) is 1. The molecular formula is C21H21ClN2O5. The Kier molecular flexibility index (Phi) is 6.49. The summed E-state index contributed by atoms with van der Waals surface area (Å²) in [6, 6.07) is 9.45. The van der Waals surface area contributed by atoms with Crippen molar-refractivity contribution in [1.82, 2.24) is 5.32 Å². The Balaban J connectivity index is 1.58. The molecule has 29 heavy (non-hydrogen) atoms. The maximum Gasteiger partial charge on any atom is 0.340 e. The van der Waals surface area contributed by atoms with Crippen molar-refractivity contribution in [2.24, 2.45) is 0 Å². The summed E-state index contributed by atoms with van der Waals surface area (Å²) in [5.74, 6) is -1.36. The minimum absolute atomic E-state index is 0.0171. The van der Waals surface area contributed by atoms with Crippen LogP contribution in [0.3, 0.4) is 0 Å². The van der Waals surface area contributed by atoms with E-state index in [0.29, 0.717) is 0 Å². The van der Waals surface area contributed by atoms with E-state index in [-0.39, 0.29) is 22.3 Å². The number of benzene rings is 2. The Bertz CT molecular complexity index is 960. The van der Waals surface area contributed by atoms with Crippen LogP contribution in [0.25, 0.3) is 0 Å². The molecule has 0 aliphatic heterocycles. The predicted octanol–water partition coefficient (Wildman–Crippen LogP) is 4.16. The highest BCUT2D eigenvalue weighted by molar-refractivity contribution is 6.33. The minimum atomic E-state index is -0.893. The first-order valence-corrected chi connectivity index (χ1v) is 9.75. The SMILES string of the molecule is CC(NC(=O)COC(=O)c1cc([N+](=O)[O-])ccc1Cl)c1ccc2c(c1)CCCC2. The number of fused-ring (bicyclic) bond motifs is 1. The number of nitro benzene ring substituents is 1. The molecule has 2 aromatic carbocycles. The number of carbonyl (C=O) groups is 2. The van der Waals surface area contributed by atoms with Gasteiger partial charge in [-0.05, 0) is 55.4 Å². The number of nitro groups is 1. The van der Waals surface area contributed by atoms with Gasteiger partial charge in [0.1, 0.15) is 0 Å². The van der Waals surface area contributed by atoms with Crippen molar-refractivity contribution in [2.75, 3.05) is 6.61 Å². The van der Waals surface area contributed by atoms with E-state index >= 15 is 0 Å². The number of ether oxygens (including phenoxy) is 1. The number of aryl methyl sites for hydroxylation is 2. The van der Waals surface area contributed by atoms with Crippen LogP contribution >= 0.6 is 11.6 Å². The Morgan fingerprint density at radius 3 is 2.62 bits per heavy atom. The van der Waals surface area contributed by atoms with Gasteiger partial charge in [-0.1, -0.05) is 29.8 Å². The summed E-state index contributed by atoms with van der Waals surface area (Å²) >= 11 is 5.91. The first-order valence-electron chi connectivity index (χ1n) is 9.37. The lowest BCUT2D eigenvalue weighted by Gasteiger charge is -2.20. The van der Waals surface area contributed by atoms with Crippen molar-refractivity contribution in [1.29, 1.82) is 0 Å². The fourth-order valence-electron chi connectivity index (χ4n) is 3.38. The highest BCUT2D eigenvalue weighted by Crippen LogP contribution is 2.25. The molecule has 1 unspecified atom stereocenters. The summed E-state index contributed by atoms with van der Waals surface area (Å²) < 4.78 is 4.97. The number of nitrogens with zero attached hydrogens (tertiary/aromatic N) is 1. The average molecular weight is 417 g/mol. The molecule has 1 aliphatic carbocycles. The number of non-ortho nitro benzene ring substituents is 1. The lowest BCUT2D eigenvalue weighted by molar-refractivity contribution is -0.384. The number of esters is 1. The van der Waals surface area contributed by atoms with Gasteiger partial charge < -0.3 is 10.1 Å². The van der Waals surface area contributed by atoms with Gasteiger partial charge in [-0.25, -0.2) is 4.79 Å². The number of hydrogen-bond acceptors (Lipinski definition) is 5. The van der Waals surface area contributed by atoms with E-state index in [1.54, 1.807) is 0 Å². The van der Waals surface area contributed by atoms with Gasteiger partial charge in [-0.2, -0.15) is 0 Å². The zero-order valence-electron chi connectivity index (χ0n) is 15.9. The fraction of sp³-hybridized carbons (Fsp3) is 0.333. The summed E-state index contributed by atoms with van der Waals surface area (Å²) in [7, 11) is 0. The summed E-state index contributed by atoms with van der Waals surface area (Å²) in [4.78, 5) is 34.5. The average Bonchev–Trinajstić information content (AvgIpc) is 2.71. The van der Waals surface area contributed by atoms with Crippen LogP contribution in [0, 0.1) is 10.1 Å². The van der Waals surface area contributed by atoms with Crippen LogP contribution in [0.4, 0.5) is 5.69 Å². The molecule has 152 valence electrons. The molecule has 0 aromatic heterocycles. The molecular weight excluding hydrogens is 396 g/mol. The third kappa shape index (κ3) is 5.12. The van der Waals surface area contributed by atoms with Crippen molar-refractivity contribution in [3.05, 3.63) is 73.8 Å². The maximum atomic E-state index is 12.2. The summed E-state index contributed by atoms with van der Waals surface area (Å²) in [5.41, 5.74) is 3.23. The lowest BCUT2D eigenvalue weighted by atomic mass is 9.89. The second kappa shape index (κ2) is 9.05. The number of carbonyl (C=O) groups excluding carboxylic acids is 2. The highest BCUT2D eigenvalue weighted by Gasteiger charge is 2.19. The van der Waals surface area contributed by atoms with Crippen molar-refractivity contribution >= 4 is 29.2 Å². The van der Waals surface area contributed by atoms with Crippen molar-refractivity contribution in [3.63, 3.8) is 0 Å². The molecule has 3 rings (SSSR count). The molecule has 2 aromatic rings. The van der Waals surface area contributed by atoms with Crippen LogP contribution in [-0.2, 0) is 22.4 Å². The molecule has 1 atom stereocenters. The maximum absolute atomic E-state index is 12.2. The van der Waals surface area contributed by atoms with Gasteiger partial charge in [0.2, 0.25) is 0 Å². The topological polar surface area (TPSA) is 98.5 Å². The van der Waals surface area contributed by atoms with Gasteiger partial charge in [-0.15, -0.1) is 0 Å². The van der Waals surface area contributed by atoms with E-state index in [9.17, 15) is 19.7 Å². The molecule has 7 nitrogen and oxygen atoms in total. The van der Waals surface area contributed by atoms with Crippen LogP contribution in [0.15, 0.2) is 36.4 Å². The molecule has 0 bridgehead atoms.